The molecule has 5 rings (SSSR count). The van der Waals surface area contributed by atoms with E-state index in [-0.39, 0.29) is 17.4 Å². The predicted octanol–water partition coefficient (Wildman–Crippen LogP) is 7.21. The van der Waals surface area contributed by atoms with E-state index in [0.717, 1.165) is 35.1 Å². The van der Waals surface area contributed by atoms with Crippen molar-refractivity contribution in [1.29, 1.82) is 0 Å². The lowest BCUT2D eigenvalue weighted by Crippen LogP contribution is -2.24. The van der Waals surface area contributed by atoms with Crippen LogP contribution < -0.4 is 9.47 Å². The van der Waals surface area contributed by atoms with Crippen LogP contribution in [0, 0.1) is 0 Å². The highest BCUT2D eigenvalue weighted by molar-refractivity contribution is 5.96. The van der Waals surface area contributed by atoms with Gasteiger partial charge in [0.15, 0.2) is 0 Å². The van der Waals surface area contributed by atoms with Crippen LogP contribution in [-0.2, 0) is 5.41 Å². The average Bonchev–Trinajstić information content (AvgIpc) is 3.18. The van der Waals surface area contributed by atoms with E-state index in [2.05, 4.69) is 13.8 Å². The summed E-state index contributed by atoms with van der Waals surface area (Å²) in [5.74, 6) is 0.256. The Labute approximate surface area is 205 Å². The molecule has 0 unspecified atom stereocenters. The van der Waals surface area contributed by atoms with Gasteiger partial charge in [-0.25, -0.2) is 9.59 Å². The summed E-state index contributed by atoms with van der Waals surface area (Å²) >= 11 is 0. The molecule has 1 aliphatic carbocycles. The number of rotatable bonds is 6. The number of carbonyl (C=O) groups is 2. The largest absolute Gasteiger partial charge is 0.423 e. The molecule has 0 fully saturated rings. The summed E-state index contributed by atoms with van der Waals surface area (Å²) in [4.78, 5) is 25.8. The van der Waals surface area contributed by atoms with Crippen LogP contribution in [0.3, 0.4) is 0 Å². The Hall–Kier alpha value is -4.18. The van der Waals surface area contributed by atoms with Gasteiger partial charge in [-0.1, -0.05) is 62.4 Å². The normalized spacial score (nSPS) is 13.0. The summed E-state index contributed by atoms with van der Waals surface area (Å²) in [6.07, 6.45) is 1.66. The fourth-order valence-electron chi connectivity index (χ4n) is 5.07. The third-order valence-corrected chi connectivity index (χ3v) is 6.95. The van der Waals surface area contributed by atoms with Gasteiger partial charge in [0.1, 0.15) is 11.5 Å². The molecule has 0 aromatic heterocycles. The third kappa shape index (κ3) is 4.01. The topological polar surface area (TPSA) is 52.6 Å². The predicted molar refractivity (Wildman–Crippen MR) is 136 cm³/mol. The molecule has 4 nitrogen and oxygen atoms in total. The maximum absolute atomic E-state index is 12.9. The van der Waals surface area contributed by atoms with Gasteiger partial charge in [-0.05, 0) is 83.6 Å². The summed E-state index contributed by atoms with van der Waals surface area (Å²) in [6.45, 7) is 4.29. The molecule has 0 heterocycles. The van der Waals surface area contributed by atoms with E-state index in [0.29, 0.717) is 22.6 Å². The Balaban J connectivity index is 1.51. The van der Waals surface area contributed by atoms with E-state index in [4.69, 9.17) is 9.47 Å². The Kier molecular flexibility index (Phi) is 5.96. The molecule has 0 atom stereocenters. The van der Waals surface area contributed by atoms with Gasteiger partial charge in [0.25, 0.3) is 0 Å². The minimum absolute atomic E-state index is 0.309. The van der Waals surface area contributed by atoms with Crippen LogP contribution in [-0.4, -0.2) is 11.9 Å². The van der Waals surface area contributed by atoms with Gasteiger partial charge in [-0.15, -0.1) is 0 Å². The lowest BCUT2D eigenvalue weighted by Gasteiger charge is -2.30. The summed E-state index contributed by atoms with van der Waals surface area (Å²) in [5, 5.41) is 0. The zero-order valence-corrected chi connectivity index (χ0v) is 19.8. The second kappa shape index (κ2) is 9.22. The number of carbonyl (C=O) groups excluding carboxylic acids is 2. The average molecular weight is 463 g/mol. The van der Waals surface area contributed by atoms with Crippen LogP contribution in [0.5, 0.6) is 11.5 Å². The molecule has 0 saturated carbocycles. The Morgan fingerprint density at radius 2 is 1.00 bits per heavy atom. The Morgan fingerprint density at radius 3 is 1.37 bits per heavy atom. The minimum atomic E-state index is -0.386. The van der Waals surface area contributed by atoms with Crippen molar-refractivity contribution in [3.63, 3.8) is 0 Å². The second-order valence-electron chi connectivity index (χ2n) is 8.72. The third-order valence-electron chi connectivity index (χ3n) is 6.95. The van der Waals surface area contributed by atoms with Crippen molar-refractivity contribution in [2.75, 3.05) is 0 Å². The molecule has 0 saturated heterocycles. The smallest absolute Gasteiger partial charge is 0.343 e. The zero-order valence-electron chi connectivity index (χ0n) is 19.8. The van der Waals surface area contributed by atoms with E-state index < -0.39 is 0 Å². The summed E-state index contributed by atoms with van der Waals surface area (Å²) in [6, 6.07) is 29.7. The van der Waals surface area contributed by atoms with Gasteiger partial charge in [0.2, 0.25) is 0 Å². The van der Waals surface area contributed by atoms with E-state index >= 15 is 0 Å². The second-order valence-corrected chi connectivity index (χ2v) is 8.72. The zero-order chi connectivity index (χ0) is 24.4. The van der Waals surface area contributed by atoms with Crippen molar-refractivity contribution < 1.29 is 19.1 Å². The number of benzene rings is 4. The van der Waals surface area contributed by atoms with Crippen molar-refractivity contribution in [3.05, 3.63) is 119 Å². The maximum atomic E-state index is 12.9. The van der Waals surface area contributed by atoms with Crippen LogP contribution in [0.4, 0.5) is 0 Å². The molecule has 0 radical (unpaired) electrons. The molecule has 4 aromatic rings. The molecule has 0 spiro atoms. The standard InChI is InChI=1S/C31H26O4/c1-3-31(4-2)27-19-21(29(32)34-23-11-7-5-8-12-23)15-17-25(27)26-18-16-22(20-28(26)31)30(33)35-24-13-9-6-10-14-24/h5-20H,3-4H2,1-2H3. The first-order chi connectivity index (χ1) is 17.1. The first-order valence-electron chi connectivity index (χ1n) is 11.9. The highest BCUT2D eigenvalue weighted by Crippen LogP contribution is 2.53. The summed E-state index contributed by atoms with van der Waals surface area (Å²) < 4.78 is 11.2. The lowest BCUT2D eigenvalue weighted by molar-refractivity contribution is 0.0725. The van der Waals surface area contributed by atoms with Crippen LogP contribution in [0.1, 0.15) is 58.5 Å². The van der Waals surface area contributed by atoms with Gasteiger partial charge in [-0.2, -0.15) is 0 Å². The van der Waals surface area contributed by atoms with Gasteiger partial charge in [-0.3, -0.25) is 0 Å². The highest BCUT2D eigenvalue weighted by Gasteiger charge is 2.41. The molecular weight excluding hydrogens is 436 g/mol. The van der Waals surface area contributed by atoms with Gasteiger partial charge in [0, 0.05) is 5.41 Å². The van der Waals surface area contributed by atoms with Gasteiger partial charge < -0.3 is 9.47 Å². The van der Waals surface area contributed by atoms with Crippen molar-refractivity contribution in [3.8, 4) is 22.6 Å². The first kappa shape index (κ1) is 22.6. The fourth-order valence-corrected chi connectivity index (χ4v) is 5.07. The summed E-state index contributed by atoms with van der Waals surface area (Å²) in [5.41, 5.74) is 5.07. The maximum Gasteiger partial charge on any atom is 0.343 e. The lowest BCUT2D eigenvalue weighted by atomic mass is 9.73. The molecule has 35 heavy (non-hydrogen) atoms. The highest BCUT2D eigenvalue weighted by atomic mass is 16.5. The quantitative estimate of drug-likeness (QED) is 0.224. The van der Waals surface area contributed by atoms with Crippen molar-refractivity contribution >= 4 is 11.9 Å². The molecule has 0 amide bonds. The van der Waals surface area contributed by atoms with Crippen molar-refractivity contribution in [1.82, 2.24) is 0 Å². The number of para-hydroxylation sites is 2. The molecule has 1 aliphatic rings. The van der Waals surface area contributed by atoms with Crippen LogP contribution in [0.15, 0.2) is 97.1 Å². The number of fused-ring (bicyclic) bond motifs is 3. The number of ether oxygens (including phenoxy) is 2. The van der Waals surface area contributed by atoms with Gasteiger partial charge >= 0.3 is 11.9 Å². The van der Waals surface area contributed by atoms with Crippen molar-refractivity contribution in [2.24, 2.45) is 0 Å². The molecule has 0 N–H and O–H groups in total. The van der Waals surface area contributed by atoms with E-state index in [1.165, 1.54) is 0 Å². The Morgan fingerprint density at radius 1 is 0.600 bits per heavy atom. The number of hydrogen-bond donors (Lipinski definition) is 0. The number of hydrogen-bond acceptors (Lipinski definition) is 4. The molecule has 174 valence electrons. The van der Waals surface area contributed by atoms with E-state index in [1.807, 2.05) is 72.8 Å². The van der Waals surface area contributed by atoms with Crippen LogP contribution >= 0.6 is 0 Å². The minimum Gasteiger partial charge on any atom is -0.423 e. The van der Waals surface area contributed by atoms with Crippen LogP contribution in [0.2, 0.25) is 0 Å². The van der Waals surface area contributed by atoms with Crippen molar-refractivity contribution in [2.45, 2.75) is 32.1 Å². The summed E-state index contributed by atoms with van der Waals surface area (Å²) in [7, 11) is 0. The molecule has 0 aliphatic heterocycles. The first-order valence-corrected chi connectivity index (χ1v) is 11.9. The van der Waals surface area contributed by atoms with E-state index in [1.54, 1.807) is 24.3 Å². The molecule has 4 heteroatoms. The Bertz CT molecular complexity index is 1280. The molecule has 4 aromatic carbocycles. The molecule has 0 bridgehead atoms. The van der Waals surface area contributed by atoms with Gasteiger partial charge in [0.05, 0.1) is 11.1 Å². The molecular formula is C31H26O4. The fraction of sp³-hybridized carbons (Fsp3) is 0.161. The monoisotopic (exact) mass is 462 g/mol. The van der Waals surface area contributed by atoms with Crippen LogP contribution in [0.25, 0.3) is 11.1 Å². The van der Waals surface area contributed by atoms with E-state index in [9.17, 15) is 9.59 Å². The number of esters is 2. The SMILES string of the molecule is CCC1(CC)c2cc(C(=O)Oc3ccccc3)ccc2-c2ccc(C(=O)Oc3ccccc3)cc21.